The first kappa shape index (κ1) is 24.0. The summed E-state index contributed by atoms with van der Waals surface area (Å²) in [5, 5.41) is 9.27. The summed E-state index contributed by atoms with van der Waals surface area (Å²) in [6.07, 6.45) is 1.23. The lowest BCUT2D eigenvalue weighted by Crippen LogP contribution is -2.37. The van der Waals surface area contributed by atoms with Crippen LogP contribution in [-0.4, -0.2) is 53.4 Å². The summed E-state index contributed by atoms with van der Waals surface area (Å²) < 4.78 is 67.1. The van der Waals surface area contributed by atoms with Gasteiger partial charge >= 0.3 is 5.97 Å². The zero-order valence-corrected chi connectivity index (χ0v) is 19.3. The van der Waals surface area contributed by atoms with Crippen LogP contribution in [0.25, 0.3) is 0 Å². The summed E-state index contributed by atoms with van der Waals surface area (Å²) in [6.45, 7) is 2.28. The van der Waals surface area contributed by atoms with Gasteiger partial charge in [0.2, 0.25) is 0 Å². The second-order valence-corrected chi connectivity index (χ2v) is 11.4. The summed E-state index contributed by atoms with van der Waals surface area (Å²) in [4.78, 5) is 12.7. The van der Waals surface area contributed by atoms with Gasteiger partial charge in [0.15, 0.2) is 9.84 Å². The molecular weight excluding hydrogens is 459 g/mol. The van der Waals surface area contributed by atoms with E-state index in [0.717, 1.165) is 12.3 Å². The van der Waals surface area contributed by atoms with Gasteiger partial charge in [-0.1, -0.05) is 13.0 Å². The molecule has 1 saturated heterocycles. The number of anilines is 2. The number of nitrogens with zero attached hydrogens (tertiary/aromatic N) is 1. The molecule has 2 aromatic rings. The molecule has 0 unspecified atom stereocenters. The Labute approximate surface area is 187 Å². The minimum atomic E-state index is -4.28. The number of aromatic carboxylic acids is 1. The maximum absolute atomic E-state index is 14.0. The number of aryl methyl sites for hydroxylation is 1. The molecule has 1 atom stereocenters. The van der Waals surface area contributed by atoms with Crippen LogP contribution < -0.4 is 9.62 Å². The molecule has 32 heavy (non-hydrogen) atoms. The van der Waals surface area contributed by atoms with Gasteiger partial charge in [-0.3, -0.25) is 4.72 Å². The maximum Gasteiger partial charge on any atom is 0.335 e. The number of carboxylic acids is 1. The zero-order valence-electron chi connectivity index (χ0n) is 17.7. The lowest BCUT2D eigenvalue weighted by molar-refractivity contribution is 0.0696. The fraction of sp³-hybridized carbons (Fsp3) is 0.381. The molecule has 0 aromatic heterocycles. The van der Waals surface area contributed by atoms with Gasteiger partial charge in [0, 0.05) is 19.3 Å². The van der Waals surface area contributed by atoms with Crippen molar-refractivity contribution in [2.75, 3.05) is 29.0 Å². The second-order valence-electron chi connectivity index (χ2n) is 7.72. The lowest BCUT2D eigenvalue weighted by atomic mass is 10.1. The largest absolute Gasteiger partial charge is 0.478 e. The van der Waals surface area contributed by atoms with Crippen LogP contribution in [0.1, 0.15) is 35.7 Å². The molecule has 3 rings (SSSR count). The second kappa shape index (κ2) is 9.07. The molecule has 1 aliphatic rings. The number of carboxylic acid groups (broad SMARTS) is 1. The fourth-order valence-corrected chi connectivity index (χ4v) is 5.73. The van der Waals surface area contributed by atoms with E-state index in [9.17, 15) is 31.1 Å². The first-order valence-electron chi connectivity index (χ1n) is 10.0. The predicted molar refractivity (Wildman–Crippen MR) is 119 cm³/mol. The quantitative estimate of drug-likeness (QED) is 0.619. The smallest absolute Gasteiger partial charge is 0.335 e. The van der Waals surface area contributed by atoms with E-state index in [1.165, 1.54) is 30.3 Å². The van der Waals surface area contributed by atoms with Crippen molar-refractivity contribution in [3.8, 4) is 0 Å². The highest BCUT2D eigenvalue weighted by Crippen LogP contribution is 2.34. The van der Waals surface area contributed by atoms with Crippen LogP contribution in [0, 0.1) is 0 Å². The van der Waals surface area contributed by atoms with Crippen molar-refractivity contribution in [1.82, 2.24) is 0 Å². The molecule has 11 heteroatoms. The molecule has 2 N–H and O–H groups in total. The number of alkyl halides is 1. The van der Waals surface area contributed by atoms with E-state index >= 15 is 0 Å². The number of sulfonamides is 1. The Morgan fingerprint density at radius 2 is 1.91 bits per heavy atom. The van der Waals surface area contributed by atoms with Gasteiger partial charge in [0.05, 0.1) is 26.7 Å². The fourth-order valence-electron chi connectivity index (χ4n) is 3.68. The summed E-state index contributed by atoms with van der Waals surface area (Å²) >= 11 is 0. The van der Waals surface area contributed by atoms with Crippen molar-refractivity contribution in [2.24, 2.45) is 0 Å². The van der Waals surface area contributed by atoms with Crippen molar-refractivity contribution in [3.05, 3.63) is 47.5 Å². The lowest BCUT2D eigenvalue weighted by Gasteiger charge is -2.32. The average molecular weight is 485 g/mol. The molecule has 0 spiro atoms. The third-order valence-corrected chi connectivity index (χ3v) is 7.89. The standard InChI is InChI=1S/C21H25FN2O6S2/c1-3-14-6-7-15(21(25)26)11-20(14)32(29,30)23-18-12-17(31(2,27)28)8-9-19(18)24-10-4-5-16(22)13-24/h6-9,11-12,16,23H,3-5,10,13H2,1-2H3,(H,25,26)/t16-/m1/s1. The molecule has 0 amide bonds. The Bertz CT molecular complexity index is 1240. The third-order valence-electron chi connectivity index (χ3n) is 5.33. The number of rotatable bonds is 7. The molecule has 1 heterocycles. The van der Waals surface area contributed by atoms with Crippen LogP contribution in [-0.2, 0) is 26.3 Å². The predicted octanol–water partition coefficient (Wildman–Crippen LogP) is 3.09. The Balaban J connectivity index is 2.12. The van der Waals surface area contributed by atoms with Crippen LogP contribution >= 0.6 is 0 Å². The first-order chi connectivity index (χ1) is 14.9. The molecule has 2 aromatic carbocycles. The normalized spacial score (nSPS) is 17.2. The SMILES string of the molecule is CCc1ccc(C(=O)O)cc1S(=O)(=O)Nc1cc(S(C)(=O)=O)ccc1N1CCC[C@@H](F)C1. The third kappa shape index (κ3) is 5.21. The van der Waals surface area contributed by atoms with Crippen LogP contribution in [0.2, 0.25) is 0 Å². The van der Waals surface area contributed by atoms with Gasteiger partial charge in [0.1, 0.15) is 6.17 Å². The van der Waals surface area contributed by atoms with Gasteiger partial charge in [-0.15, -0.1) is 0 Å². The molecule has 8 nitrogen and oxygen atoms in total. The van der Waals surface area contributed by atoms with E-state index in [-0.39, 0.29) is 27.6 Å². The molecule has 1 aliphatic heterocycles. The van der Waals surface area contributed by atoms with Crippen LogP contribution in [0.3, 0.4) is 0 Å². The van der Waals surface area contributed by atoms with Crippen molar-refractivity contribution in [3.63, 3.8) is 0 Å². The van der Waals surface area contributed by atoms with Crippen LogP contribution in [0.15, 0.2) is 46.2 Å². The van der Waals surface area contributed by atoms with Gasteiger partial charge in [-0.2, -0.15) is 0 Å². The summed E-state index contributed by atoms with van der Waals surface area (Å²) in [6, 6.07) is 7.85. The zero-order chi connectivity index (χ0) is 23.7. The molecule has 0 saturated carbocycles. The van der Waals surface area contributed by atoms with Crippen LogP contribution in [0.5, 0.6) is 0 Å². The number of piperidine rings is 1. The van der Waals surface area contributed by atoms with E-state index in [1.54, 1.807) is 11.8 Å². The molecule has 0 bridgehead atoms. The average Bonchev–Trinajstić information content (AvgIpc) is 2.72. The van der Waals surface area contributed by atoms with Crippen LogP contribution in [0.4, 0.5) is 15.8 Å². The Kier molecular flexibility index (Phi) is 6.80. The Morgan fingerprint density at radius 1 is 1.19 bits per heavy atom. The van der Waals surface area contributed by atoms with Crippen molar-refractivity contribution in [2.45, 2.75) is 42.1 Å². The van der Waals surface area contributed by atoms with Gasteiger partial charge in [0.25, 0.3) is 10.0 Å². The summed E-state index contributed by atoms with van der Waals surface area (Å²) in [7, 11) is -7.92. The van der Waals surface area contributed by atoms with Crippen molar-refractivity contribution in [1.29, 1.82) is 0 Å². The van der Waals surface area contributed by atoms with Gasteiger partial charge in [-0.05, 0) is 55.2 Å². The molecule has 174 valence electrons. The topological polar surface area (TPSA) is 121 Å². The van der Waals surface area contributed by atoms with Crippen molar-refractivity contribution >= 4 is 37.2 Å². The highest BCUT2D eigenvalue weighted by molar-refractivity contribution is 7.92. The molecular formula is C21H25FN2O6S2. The number of benzene rings is 2. The number of nitrogens with one attached hydrogen (secondary N) is 1. The Morgan fingerprint density at radius 3 is 2.50 bits per heavy atom. The maximum atomic E-state index is 14.0. The van der Waals surface area contributed by atoms with E-state index in [0.29, 0.717) is 37.1 Å². The highest BCUT2D eigenvalue weighted by Gasteiger charge is 2.26. The van der Waals surface area contributed by atoms with E-state index in [2.05, 4.69) is 4.72 Å². The van der Waals surface area contributed by atoms with Gasteiger partial charge < -0.3 is 10.0 Å². The molecule has 0 aliphatic carbocycles. The molecule has 1 fully saturated rings. The molecule has 0 radical (unpaired) electrons. The monoisotopic (exact) mass is 484 g/mol. The van der Waals surface area contributed by atoms with E-state index in [4.69, 9.17) is 0 Å². The van der Waals surface area contributed by atoms with E-state index in [1.807, 2.05) is 0 Å². The number of halogens is 1. The highest BCUT2D eigenvalue weighted by atomic mass is 32.2. The van der Waals surface area contributed by atoms with Crippen molar-refractivity contribution < 1.29 is 31.1 Å². The number of hydrogen-bond acceptors (Lipinski definition) is 6. The number of sulfone groups is 1. The number of carbonyl (C=O) groups is 1. The Hall–Kier alpha value is -2.66. The summed E-state index contributed by atoms with van der Waals surface area (Å²) in [5.41, 5.74) is 0.565. The minimum absolute atomic E-state index is 0.00944. The summed E-state index contributed by atoms with van der Waals surface area (Å²) in [5.74, 6) is -1.27. The van der Waals surface area contributed by atoms with E-state index < -0.39 is 32.0 Å². The number of hydrogen-bond donors (Lipinski definition) is 2. The minimum Gasteiger partial charge on any atom is -0.478 e. The van der Waals surface area contributed by atoms with Gasteiger partial charge in [-0.25, -0.2) is 26.0 Å². The first-order valence-corrected chi connectivity index (χ1v) is 13.4.